The molecule has 1 aliphatic rings. The first kappa shape index (κ1) is 18.4. The van der Waals surface area contributed by atoms with E-state index in [1.807, 2.05) is 27.7 Å². The summed E-state index contributed by atoms with van der Waals surface area (Å²) in [6.07, 6.45) is -0.105. The molecule has 1 rings (SSSR count). The summed E-state index contributed by atoms with van der Waals surface area (Å²) in [5.74, 6) is -0.696. The van der Waals surface area contributed by atoms with Gasteiger partial charge in [0.1, 0.15) is 6.04 Å². The van der Waals surface area contributed by atoms with E-state index >= 15 is 0 Å². The summed E-state index contributed by atoms with van der Waals surface area (Å²) < 4.78 is 5.11. The van der Waals surface area contributed by atoms with Crippen LogP contribution in [0.25, 0.3) is 0 Å². The first-order chi connectivity index (χ1) is 10.3. The zero-order valence-corrected chi connectivity index (χ0v) is 13.8. The number of piperazine rings is 1. The Morgan fingerprint density at radius 2 is 2.05 bits per heavy atom. The maximum atomic E-state index is 12.2. The maximum absolute atomic E-state index is 12.2. The largest absolute Gasteiger partial charge is 0.465 e. The lowest BCUT2D eigenvalue weighted by Crippen LogP contribution is -2.59. The van der Waals surface area contributed by atoms with Crippen LogP contribution in [-0.4, -0.2) is 61.0 Å². The van der Waals surface area contributed by atoms with Crippen LogP contribution < -0.4 is 10.6 Å². The molecule has 2 N–H and O–H groups in total. The van der Waals surface area contributed by atoms with Crippen molar-refractivity contribution in [3.63, 3.8) is 0 Å². The molecule has 7 heteroatoms. The Hall–Kier alpha value is -1.63. The van der Waals surface area contributed by atoms with Gasteiger partial charge in [-0.15, -0.1) is 0 Å². The fraction of sp³-hybridized carbons (Fsp3) is 0.800. The second kappa shape index (κ2) is 8.73. The van der Waals surface area contributed by atoms with Gasteiger partial charge in [0.2, 0.25) is 11.8 Å². The highest BCUT2D eigenvalue weighted by molar-refractivity contribution is 5.92. The van der Waals surface area contributed by atoms with Crippen LogP contribution in [0.2, 0.25) is 0 Å². The number of nitrogens with zero attached hydrogens (tertiary/aromatic N) is 1. The molecule has 7 nitrogen and oxygen atoms in total. The molecule has 1 heterocycles. The van der Waals surface area contributed by atoms with Crippen molar-refractivity contribution in [2.24, 2.45) is 5.92 Å². The van der Waals surface area contributed by atoms with Crippen LogP contribution in [0.3, 0.4) is 0 Å². The Kier molecular flexibility index (Phi) is 7.31. The van der Waals surface area contributed by atoms with Gasteiger partial charge >= 0.3 is 5.97 Å². The lowest BCUT2D eigenvalue weighted by molar-refractivity contribution is -0.152. The van der Waals surface area contributed by atoms with E-state index in [-0.39, 0.29) is 36.7 Å². The third-order valence-electron chi connectivity index (χ3n) is 3.25. The minimum absolute atomic E-state index is 0.105. The lowest BCUT2D eigenvalue weighted by Gasteiger charge is -2.34. The standard InChI is InChI=1S/C15H27N3O4/c1-10(2)9-22-14(20)7-12-15(21)16-5-6-18(12)13(19)8-17-11(3)4/h10-12,17H,5-9H2,1-4H3,(H,16,21). The second-order valence-corrected chi connectivity index (χ2v) is 6.21. The average molecular weight is 313 g/mol. The average Bonchev–Trinajstić information content (AvgIpc) is 2.44. The predicted molar refractivity (Wildman–Crippen MR) is 82.1 cm³/mol. The van der Waals surface area contributed by atoms with Crippen LogP contribution >= 0.6 is 0 Å². The second-order valence-electron chi connectivity index (χ2n) is 6.21. The summed E-state index contributed by atoms with van der Waals surface area (Å²) in [6.45, 7) is 9.05. The zero-order valence-electron chi connectivity index (χ0n) is 13.8. The van der Waals surface area contributed by atoms with Gasteiger partial charge in [-0.3, -0.25) is 14.4 Å². The van der Waals surface area contributed by atoms with Crippen molar-refractivity contribution in [3.8, 4) is 0 Å². The van der Waals surface area contributed by atoms with Crippen molar-refractivity contribution in [3.05, 3.63) is 0 Å². The minimum Gasteiger partial charge on any atom is -0.465 e. The number of nitrogens with one attached hydrogen (secondary N) is 2. The third kappa shape index (κ3) is 6.01. The predicted octanol–water partition coefficient (Wildman–Crippen LogP) is -0.0993. The third-order valence-corrected chi connectivity index (χ3v) is 3.25. The quantitative estimate of drug-likeness (QED) is 0.641. The first-order valence-corrected chi connectivity index (χ1v) is 7.77. The molecule has 0 aliphatic carbocycles. The van der Waals surface area contributed by atoms with Gasteiger partial charge < -0.3 is 20.3 Å². The van der Waals surface area contributed by atoms with E-state index in [1.54, 1.807) is 0 Å². The Balaban J connectivity index is 2.62. The van der Waals surface area contributed by atoms with Crippen LogP contribution in [0.5, 0.6) is 0 Å². The van der Waals surface area contributed by atoms with E-state index in [4.69, 9.17) is 4.74 Å². The Labute approximate surface area is 131 Å². The molecule has 0 saturated carbocycles. The van der Waals surface area contributed by atoms with E-state index < -0.39 is 12.0 Å². The summed E-state index contributed by atoms with van der Waals surface area (Å²) in [6, 6.07) is -0.605. The van der Waals surface area contributed by atoms with Crippen LogP contribution in [0.1, 0.15) is 34.1 Å². The summed E-state index contributed by atoms with van der Waals surface area (Å²) in [5.41, 5.74) is 0. The topological polar surface area (TPSA) is 87.7 Å². The zero-order chi connectivity index (χ0) is 16.7. The Morgan fingerprint density at radius 1 is 1.36 bits per heavy atom. The molecule has 1 fully saturated rings. The number of hydrogen-bond acceptors (Lipinski definition) is 5. The Morgan fingerprint density at radius 3 is 2.64 bits per heavy atom. The van der Waals surface area contributed by atoms with Gasteiger partial charge in [-0.05, 0) is 5.92 Å². The van der Waals surface area contributed by atoms with Gasteiger partial charge in [-0.2, -0.15) is 0 Å². The molecule has 0 aromatic heterocycles. The van der Waals surface area contributed by atoms with Crippen molar-refractivity contribution in [1.82, 2.24) is 15.5 Å². The van der Waals surface area contributed by atoms with Crippen molar-refractivity contribution < 1.29 is 19.1 Å². The van der Waals surface area contributed by atoms with Gasteiger partial charge in [0.25, 0.3) is 0 Å². The number of rotatable bonds is 7. The summed E-state index contributed by atoms with van der Waals surface area (Å²) in [7, 11) is 0. The van der Waals surface area contributed by atoms with Gasteiger partial charge in [-0.25, -0.2) is 0 Å². The molecule has 1 saturated heterocycles. The molecule has 22 heavy (non-hydrogen) atoms. The lowest BCUT2D eigenvalue weighted by atomic mass is 10.1. The van der Waals surface area contributed by atoms with Crippen molar-refractivity contribution in [1.29, 1.82) is 0 Å². The fourth-order valence-electron chi connectivity index (χ4n) is 2.09. The molecular formula is C15H27N3O4. The molecule has 0 radical (unpaired) electrons. The highest BCUT2D eigenvalue weighted by atomic mass is 16.5. The summed E-state index contributed by atoms with van der Waals surface area (Å²) >= 11 is 0. The van der Waals surface area contributed by atoms with Crippen LogP contribution in [0.4, 0.5) is 0 Å². The van der Waals surface area contributed by atoms with E-state index in [2.05, 4.69) is 10.6 Å². The molecule has 0 spiro atoms. The van der Waals surface area contributed by atoms with Gasteiger partial charge in [-0.1, -0.05) is 27.7 Å². The SMILES string of the molecule is CC(C)COC(=O)CC1C(=O)NCCN1C(=O)CNC(C)C. The molecular weight excluding hydrogens is 286 g/mol. The molecule has 0 aromatic carbocycles. The van der Waals surface area contributed by atoms with Gasteiger partial charge in [0.15, 0.2) is 0 Å². The van der Waals surface area contributed by atoms with E-state index in [9.17, 15) is 14.4 Å². The smallest absolute Gasteiger partial charge is 0.308 e. The fourth-order valence-corrected chi connectivity index (χ4v) is 2.09. The minimum atomic E-state index is -0.783. The number of esters is 1. The molecule has 1 unspecified atom stereocenters. The molecule has 0 bridgehead atoms. The number of hydrogen-bond donors (Lipinski definition) is 2. The van der Waals surface area contributed by atoms with Crippen molar-refractivity contribution in [2.75, 3.05) is 26.2 Å². The van der Waals surface area contributed by atoms with Gasteiger partial charge in [0, 0.05) is 19.1 Å². The van der Waals surface area contributed by atoms with Crippen LogP contribution in [0, 0.1) is 5.92 Å². The molecule has 1 atom stereocenters. The monoisotopic (exact) mass is 313 g/mol. The molecule has 1 aliphatic heterocycles. The summed E-state index contributed by atoms with van der Waals surface area (Å²) in [5, 5.41) is 5.72. The number of carbonyl (C=O) groups excluding carboxylic acids is 3. The molecule has 2 amide bonds. The van der Waals surface area contributed by atoms with Crippen LogP contribution in [0.15, 0.2) is 0 Å². The summed E-state index contributed by atoms with van der Waals surface area (Å²) in [4.78, 5) is 37.5. The molecule has 0 aromatic rings. The van der Waals surface area contributed by atoms with E-state index in [0.717, 1.165) is 0 Å². The van der Waals surface area contributed by atoms with Crippen LogP contribution in [-0.2, 0) is 19.1 Å². The van der Waals surface area contributed by atoms with Crippen molar-refractivity contribution in [2.45, 2.75) is 46.2 Å². The molecule has 126 valence electrons. The highest BCUT2D eigenvalue weighted by Crippen LogP contribution is 2.11. The van der Waals surface area contributed by atoms with E-state index in [1.165, 1.54) is 4.90 Å². The maximum Gasteiger partial charge on any atom is 0.308 e. The van der Waals surface area contributed by atoms with Gasteiger partial charge in [0.05, 0.1) is 19.6 Å². The van der Waals surface area contributed by atoms with Crippen molar-refractivity contribution >= 4 is 17.8 Å². The first-order valence-electron chi connectivity index (χ1n) is 7.77. The van der Waals surface area contributed by atoms with E-state index in [0.29, 0.717) is 19.7 Å². The highest BCUT2D eigenvalue weighted by Gasteiger charge is 2.34. The number of carbonyl (C=O) groups is 3. The number of amides is 2. The number of ether oxygens (including phenoxy) is 1. The normalized spacial score (nSPS) is 18.5. The Bertz CT molecular complexity index is 410.